The first-order valence-electron chi connectivity index (χ1n) is 9.39. The first-order valence-corrected chi connectivity index (χ1v) is 9.39. The number of imidazole rings is 2. The SMILES string of the molecule is CCn1ccnc1CN1CCCN(Cc2cnc3n2CCOC3)CC1. The largest absolute Gasteiger partial charge is 0.372 e. The van der Waals surface area contributed by atoms with E-state index in [9.17, 15) is 0 Å². The fourth-order valence-corrected chi connectivity index (χ4v) is 3.84. The highest BCUT2D eigenvalue weighted by atomic mass is 16.5. The minimum Gasteiger partial charge on any atom is -0.372 e. The molecule has 0 N–H and O–H groups in total. The molecule has 7 nitrogen and oxygen atoms in total. The number of ether oxygens (including phenoxy) is 1. The van der Waals surface area contributed by atoms with Crippen LogP contribution in [-0.2, 0) is 37.5 Å². The summed E-state index contributed by atoms with van der Waals surface area (Å²) in [7, 11) is 0. The van der Waals surface area contributed by atoms with Crippen LogP contribution in [-0.4, -0.2) is 61.7 Å². The second-order valence-corrected chi connectivity index (χ2v) is 6.91. The first kappa shape index (κ1) is 16.8. The number of nitrogens with zero attached hydrogens (tertiary/aromatic N) is 6. The van der Waals surface area contributed by atoms with E-state index in [4.69, 9.17) is 4.74 Å². The Morgan fingerprint density at radius 3 is 2.72 bits per heavy atom. The Hall–Kier alpha value is -1.70. The van der Waals surface area contributed by atoms with Gasteiger partial charge in [-0.15, -0.1) is 0 Å². The van der Waals surface area contributed by atoms with Gasteiger partial charge in [-0.1, -0.05) is 0 Å². The van der Waals surface area contributed by atoms with Crippen LogP contribution in [0.3, 0.4) is 0 Å². The van der Waals surface area contributed by atoms with E-state index >= 15 is 0 Å². The highest BCUT2D eigenvalue weighted by Crippen LogP contribution is 2.15. The van der Waals surface area contributed by atoms with Gasteiger partial charge in [0, 0.05) is 51.3 Å². The number of fused-ring (bicyclic) bond motifs is 1. The van der Waals surface area contributed by atoms with Crippen LogP contribution in [0.5, 0.6) is 0 Å². The smallest absolute Gasteiger partial charge is 0.135 e. The van der Waals surface area contributed by atoms with Crippen molar-refractivity contribution >= 4 is 0 Å². The maximum atomic E-state index is 5.49. The lowest BCUT2D eigenvalue weighted by molar-refractivity contribution is 0.0796. The van der Waals surface area contributed by atoms with Crippen LogP contribution in [0.1, 0.15) is 30.7 Å². The van der Waals surface area contributed by atoms with E-state index in [1.807, 2.05) is 12.4 Å². The zero-order valence-electron chi connectivity index (χ0n) is 15.1. The Bertz CT molecular complexity index is 694. The summed E-state index contributed by atoms with van der Waals surface area (Å²) in [6, 6.07) is 0. The van der Waals surface area contributed by atoms with E-state index in [1.54, 1.807) is 0 Å². The molecule has 2 aromatic heterocycles. The lowest BCUT2D eigenvalue weighted by Gasteiger charge is -2.23. The maximum absolute atomic E-state index is 5.49. The molecule has 0 radical (unpaired) electrons. The van der Waals surface area contributed by atoms with E-state index in [0.29, 0.717) is 6.61 Å². The monoisotopic (exact) mass is 344 g/mol. The molecule has 0 bridgehead atoms. The van der Waals surface area contributed by atoms with Crippen molar-refractivity contribution in [3.63, 3.8) is 0 Å². The van der Waals surface area contributed by atoms with Crippen LogP contribution in [0, 0.1) is 0 Å². The molecule has 2 aromatic rings. The molecule has 7 heteroatoms. The number of hydrogen-bond donors (Lipinski definition) is 0. The molecule has 4 rings (SSSR count). The average Bonchev–Trinajstić information content (AvgIpc) is 3.19. The molecule has 2 aliphatic rings. The highest BCUT2D eigenvalue weighted by Gasteiger charge is 2.20. The summed E-state index contributed by atoms with van der Waals surface area (Å²) < 4.78 is 10.1. The summed E-state index contributed by atoms with van der Waals surface area (Å²) in [6.07, 6.45) is 7.23. The van der Waals surface area contributed by atoms with Gasteiger partial charge >= 0.3 is 0 Å². The van der Waals surface area contributed by atoms with Gasteiger partial charge in [0.05, 0.1) is 18.8 Å². The lowest BCUT2D eigenvalue weighted by Crippen LogP contribution is -2.32. The lowest BCUT2D eigenvalue weighted by atomic mass is 10.3. The predicted molar refractivity (Wildman–Crippen MR) is 95.0 cm³/mol. The molecule has 136 valence electrons. The Balaban J connectivity index is 1.34. The van der Waals surface area contributed by atoms with Gasteiger partial charge in [0.15, 0.2) is 0 Å². The summed E-state index contributed by atoms with van der Waals surface area (Å²) >= 11 is 0. The molecule has 25 heavy (non-hydrogen) atoms. The predicted octanol–water partition coefficient (Wildman–Crippen LogP) is 1.34. The van der Waals surface area contributed by atoms with Crippen molar-refractivity contribution in [1.82, 2.24) is 28.9 Å². The summed E-state index contributed by atoms with van der Waals surface area (Å²) in [5, 5.41) is 0. The first-order chi connectivity index (χ1) is 12.3. The highest BCUT2D eigenvalue weighted by molar-refractivity contribution is 5.06. The van der Waals surface area contributed by atoms with Crippen LogP contribution in [0.2, 0.25) is 0 Å². The molecule has 4 heterocycles. The molecule has 0 aromatic carbocycles. The number of aryl methyl sites for hydroxylation is 1. The number of aromatic nitrogens is 4. The molecule has 0 unspecified atom stereocenters. The van der Waals surface area contributed by atoms with Gasteiger partial charge in [-0.05, 0) is 26.4 Å². The van der Waals surface area contributed by atoms with Gasteiger partial charge in [-0.25, -0.2) is 9.97 Å². The number of rotatable bonds is 5. The second kappa shape index (κ2) is 7.68. The minimum atomic E-state index is 0.651. The Kier molecular flexibility index (Phi) is 5.14. The molecule has 1 fully saturated rings. The Labute approximate surface area is 149 Å². The topological polar surface area (TPSA) is 51.4 Å². The van der Waals surface area contributed by atoms with Crippen molar-refractivity contribution in [2.75, 3.05) is 32.8 Å². The average molecular weight is 344 g/mol. The van der Waals surface area contributed by atoms with Crippen molar-refractivity contribution in [2.24, 2.45) is 0 Å². The third-order valence-corrected chi connectivity index (χ3v) is 5.29. The van der Waals surface area contributed by atoms with Gasteiger partial charge in [-0.2, -0.15) is 0 Å². The Morgan fingerprint density at radius 1 is 1.04 bits per heavy atom. The fourth-order valence-electron chi connectivity index (χ4n) is 3.84. The summed E-state index contributed by atoms with van der Waals surface area (Å²) in [5.74, 6) is 2.25. The van der Waals surface area contributed by atoms with Gasteiger partial charge < -0.3 is 13.9 Å². The summed E-state index contributed by atoms with van der Waals surface area (Å²) in [4.78, 5) is 14.1. The third-order valence-electron chi connectivity index (χ3n) is 5.29. The van der Waals surface area contributed by atoms with Crippen molar-refractivity contribution in [1.29, 1.82) is 0 Å². The van der Waals surface area contributed by atoms with Gasteiger partial charge in [-0.3, -0.25) is 9.80 Å². The molecule has 2 aliphatic heterocycles. The van der Waals surface area contributed by atoms with Crippen LogP contribution in [0.15, 0.2) is 18.6 Å². The van der Waals surface area contributed by atoms with Crippen LogP contribution in [0.25, 0.3) is 0 Å². The molecule has 0 atom stereocenters. The fraction of sp³-hybridized carbons (Fsp3) is 0.667. The van der Waals surface area contributed by atoms with Crippen LogP contribution >= 0.6 is 0 Å². The van der Waals surface area contributed by atoms with Crippen LogP contribution in [0.4, 0.5) is 0 Å². The van der Waals surface area contributed by atoms with Gasteiger partial charge in [0.2, 0.25) is 0 Å². The van der Waals surface area contributed by atoms with Crippen molar-refractivity contribution in [2.45, 2.75) is 46.1 Å². The summed E-state index contributed by atoms with van der Waals surface area (Å²) in [6.45, 7) is 12.0. The molecule has 0 aliphatic carbocycles. The van der Waals surface area contributed by atoms with Crippen molar-refractivity contribution < 1.29 is 4.74 Å². The maximum Gasteiger partial charge on any atom is 0.135 e. The normalized spacial score (nSPS) is 19.7. The Morgan fingerprint density at radius 2 is 1.88 bits per heavy atom. The summed E-state index contributed by atoms with van der Waals surface area (Å²) in [5.41, 5.74) is 1.33. The quantitative estimate of drug-likeness (QED) is 0.819. The van der Waals surface area contributed by atoms with Crippen LogP contribution < -0.4 is 0 Å². The van der Waals surface area contributed by atoms with E-state index in [-0.39, 0.29) is 0 Å². The van der Waals surface area contributed by atoms with Crippen molar-refractivity contribution in [3.05, 3.63) is 35.9 Å². The number of hydrogen-bond acceptors (Lipinski definition) is 5. The zero-order valence-corrected chi connectivity index (χ0v) is 15.1. The van der Waals surface area contributed by atoms with E-state index < -0.39 is 0 Å². The minimum absolute atomic E-state index is 0.651. The molecule has 1 saturated heterocycles. The van der Waals surface area contributed by atoms with Gasteiger partial charge in [0.1, 0.15) is 18.3 Å². The molecule has 0 saturated carbocycles. The second-order valence-electron chi connectivity index (χ2n) is 6.91. The molecule has 0 amide bonds. The standard InChI is InChI=1S/C18H28N6O/c1-2-23-7-4-19-17(23)14-22-6-3-5-21(8-9-22)13-16-12-20-18-15-25-11-10-24(16)18/h4,7,12H,2-3,5-6,8-11,13-15H2,1H3. The van der Waals surface area contributed by atoms with E-state index in [2.05, 4.69) is 42.0 Å². The molecule has 0 spiro atoms. The van der Waals surface area contributed by atoms with Crippen molar-refractivity contribution in [3.8, 4) is 0 Å². The van der Waals surface area contributed by atoms with Gasteiger partial charge in [0.25, 0.3) is 0 Å². The molecular formula is C18H28N6O. The zero-order chi connectivity index (χ0) is 17.1. The van der Waals surface area contributed by atoms with E-state index in [1.165, 1.54) is 17.9 Å². The third kappa shape index (κ3) is 3.78. The molecular weight excluding hydrogens is 316 g/mol. The van der Waals surface area contributed by atoms with E-state index in [0.717, 1.165) is 64.8 Å².